The van der Waals surface area contributed by atoms with Crippen LogP contribution in [-0.2, 0) is 16.1 Å². The van der Waals surface area contributed by atoms with Crippen LogP contribution in [0.2, 0.25) is 10.0 Å². The second-order valence-electron chi connectivity index (χ2n) is 7.04. The fourth-order valence-electron chi connectivity index (χ4n) is 3.01. The molecule has 1 aromatic heterocycles. The van der Waals surface area contributed by atoms with Crippen LogP contribution >= 0.6 is 35.0 Å². The molecular weight excluding hydrogens is 515 g/mol. The lowest BCUT2D eigenvalue weighted by Gasteiger charge is -2.10. The maximum absolute atomic E-state index is 12.4. The Morgan fingerprint density at radius 2 is 1.91 bits per heavy atom. The summed E-state index contributed by atoms with van der Waals surface area (Å²) in [4.78, 5) is 28.8. The zero-order valence-corrected chi connectivity index (χ0v) is 20.8. The Balaban J connectivity index is 1.46. The van der Waals surface area contributed by atoms with Gasteiger partial charge in [0.2, 0.25) is 5.76 Å². The molecule has 0 aliphatic carbocycles. The van der Waals surface area contributed by atoms with Crippen molar-refractivity contribution in [3.05, 3.63) is 80.6 Å². The molecule has 1 amide bonds. The van der Waals surface area contributed by atoms with Gasteiger partial charge in [0.15, 0.2) is 16.7 Å². The molecule has 1 aliphatic rings. The molecule has 0 atom stereocenters. The SMILES string of the molecule is COC(=O)c1ccc(COc2ccc(/C=C3/SC(=Nc4ccc(Cl)c(Cl)c4)NC3=O)cc2OC)o1. The summed E-state index contributed by atoms with van der Waals surface area (Å²) in [6.07, 6.45) is 1.72. The van der Waals surface area contributed by atoms with Gasteiger partial charge in [-0.05, 0) is 65.9 Å². The summed E-state index contributed by atoms with van der Waals surface area (Å²) in [6, 6.07) is 13.4. The number of thioether (sulfide) groups is 1. The first-order chi connectivity index (χ1) is 16.9. The first-order valence-corrected chi connectivity index (χ1v) is 11.7. The number of carbonyl (C=O) groups is 2. The Morgan fingerprint density at radius 1 is 1.09 bits per heavy atom. The molecule has 1 N–H and O–H groups in total. The second-order valence-corrected chi connectivity index (χ2v) is 8.88. The molecular formula is C24H18Cl2N2O6S. The van der Waals surface area contributed by atoms with Crippen molar-refractivity contribution in [2.75, 3.05) is 14.2 Å². The molecule has 2 heterocycles. The highest BCUT2D eigenvalue weighted by molar-refractivity contribution is 8.18. The van der Waals surface area contributed by atoms with Gasteiger partial charge in [-0.1, -0.05) is 29.3 Å². The highest BCUT2D eigenvalue weighted by atomic mass is 35.5. The number of furan rings is 1. The van der Waals surface area contributed by atoms with Crippen LogP contribution in [0.5, 0.6) is 11.5 Å². The van der Waals surface area contributed by atoms with Gasteiger partial charge in [-0.15, -0.1) is 0 Å². The molecule has 1 aliphatic heterocycles. The first-order valence-electron chi connectivity index (χ1n) is 10.1. The van der Waals surface area contributed by atoms with Crippen molar-refractivity contribution in [1.29, 1.82) is 0 Å². The maximum Gasteiger partial charge on any atom is 0.373 e. The van der Waals surface area contributed by atoms with Gasteiger partial charge >= 0.3 is 5.97 Å². The van der Waals surface area contributed by atoms with Gasteiger partial charge in [-0.3, -0.25) is 4.79 Å². The quantitative estimate of drug-likeness (QED) is 0.300. The molecule has 1 fully saturated rings. The zero-order chi connectivity index (χ0) is 24.9. The third kappa shape index (κ3) is 6.00. The number of amides is 1. The second kappa shape index (κ2) is 10.9. The van der Waals surface area contributed by atoms with Gasteiger partial charge in [0.05, 0.1) is 34.9 Å². The highest BCUT2D eigenvalue weighted by Gasteiger charge is 2.24. The Morgan fingerprint density at radius 3 is 2.66 bits per heavy atom. The molecule has 0 unspecified atom stereocenters. The van der Waals surface area contributed by atoms with Crippen LogP contribution in [0.4, 0.5) is 5.69 Å². The van der Waals surface area contributed by atoms with Crippen LogP contribution in [0.15, 0.2) is 62.8 Å². The van der Waals surface area contributed by atoms with E-state index in [0.29, 0.717) is 43.1 Å². The van der Waals surface area contributed by atoms with E-state index in [4.69, 9.17) is 37.1 Å². The highest BCUT2D eigenvalue weighted by Crippen LogP contribution is 2.33. The van der Waals surface area contributed by atoms with Crippen LogP contribution in [0.3, 0.4) is 0 Å². The average Bonchev–Trinajstić information content (AvgIpc) is 3.46. The molecule has 0 radical (unpaired) electrons. The van der Waals surface area contributed by atoms with Crippen molar-refractivity contribution < 1.29 is 28.2 Å². The molecule has 180 valence electrons. The van der Waals surface area contributed by atoms with Crippen molar-refractivity contribution in [3.63, 3.8) is 0 Å². The van der Waals surface area contributed by atoms with Gasteiger partial charge in [0.25, 0.3) is 5.91 Å². The minimum absolute atomic E-state index is 0.0839. The monoisotopic (exact) mass is 532 g/mol. The van der Waals surface area contributed by atoms with Crippen LogP contribution in [0, 0.1) is 0 Å². The summed E-state index contributed by atoms with van der Waals surface area (Å²) in [5.41, 5.74) is 1.30. The summed E-state index contributed by atoms with van der Waals surface area (Å²) < 4.78 is 21.2. The normalized spacial score (nSPS) is 15.4. The number of halogens is 2. The molecule has 4 rings (SSSR count). The van der Waals surface area contributed by atoms with Crippen molar-refractivity contribution in [2.45, 2.75) is 6.61 Å². The number of carbonyl (C=O) groups excluding carboxylic acids is 2. The van der Waals surface area contributed by atoms with E-state index in [1.54, 1.807) is 48.5 Å². The molecule has 0 spiro atoms. The first kappa shape index (κ1) is 24.7. The number of aliphatic imine (C=N–C) groups is 1. The number of hydrogen-bond donors (Lipinski definition) is 1. The number of nitrogens with one attached hydrogen (secondary N) is 1. The number of esters is 1. The molecule has 3 aromatic rings. The Hall–Kier alpha value is -3.40. The third-order valence-electron chi connectivity index (χ3n) is 4.69. The summed E-state index contributed by atoms with van der Waals surface area (Å²) in [5, 5.41) is 3.96. The Kier molecular flexibility index (Phi) is 7.70. The van der Waals surface area contributed by atoms with Gasteiger partial charge < -0.3 is 23.9 Å². The number of hydrogen-bond acceptors (Lipinski definition) is 8. The van der Waals surface area contributed by atoms with Crippen molar-refractivity contribution in [2.24, 2.45) is 4.99 Å². The lowest BCUT2D eigenvalue weighted by atomic mass is 10.2. The number of rotatable bonds is 7. The van der Waals surface area contributed by atoms with E-state index in [-0.39, 0.29) is 18.3 Å². The molecule has 8 nitrogen and oxygen atoms in total. The summed E-state index contributed by atoms with van der Waals surface area (Å²) >= 11 is 13.2. The molecule has 11 heteroatoms. The number of amidine groups is 1. The molecule has 35 heavy (non-hydrogen) atoms. The van der Waals surface area contributed by atoms with Crippen LogP contribution < -0.4 is 14.8 Å². The smallest absolute Gasteiger partial charge is 0.373 e. The van der Waals surface area contributed by atoms with Crippen LogP contribution in [0.1, 0.15) is 21.9 Å². The Labute approximate surface area is 214 Å². The summed E-state index contributed by atoms with van der Waals surface area (Å²) in [7, 11) is 2.79. The lowest BCUT2D eigenvalue weighted by Crippen LogP contribution is -2.19. The van der Waals surface area contributed by atoms with E-state index < -0.39 is 5.97 Å². The minimum Gasteiger partial charge on any atom is -0.493 e. The number of benzene rings is 2. The molecule has 0 saturated carbocycles. The van der Waals surface area contributed by atoms with E-state index in [2.05, 4.69) is 15.0 Å². The van der Waals surface area contributed by atoms with Gasteiger partial charge in [0.1, 0.15) is 12.4 Å². The van der Waals surface area contributed by atoms with E-state index in [0.717, 1.165) is 5.56 Å². The van der Waals surface area contributed by atoms with Gasteiger partial charge in [0, 0.05) is 0 Å². The summed E-state index contributed by atoms with van der Waals surface area (Å²) in [5.74, 6) is 0.640. The van der Waals surface area contributed by atoms with E-state index >= 15 is 0 Å². The zero-order valence-electron chi connectivity index (χ0n) is 18.5. The number of methoxy groups -OCH3 is 2. The van der Waals surface area contributed by atoms with E-state index in [1.165, 1.54) is 32.0 Å². The Bertz CT molecular complexity index is 1350. The standard InChI is InChI=1S/C24H18Cl2N2O6S/c1-31-20-9-13(3-7-18(20)33-12-15-5-8-19(34-15)23(30)32-2)10-21-22(29)28-24(35-21)27-14-4-6-16(25)17(26)11-14/h3-11H,12H2,1-2H3,(H,27,28,29)/b21-10+. The lowest BCUT2D eigenvalue weighted by molar-refractivity contribution is -0.115. The predicted octanol–water partition coefficient (Wildman–Crippen LogP) is 5.85. The van der Waals surface area contributed by atoms with Crippen molar-refractivity contribution in [3.8, 4) is 11.5 Å². The molecule has 1 saturated heterocycles. The topological polar surface area (TPSA) is 99.4 Å². The molecule has 2 aromatic carbocycles. The van der Waals surface area contributed by atoms with Crippen molar-refractivity contribution in [1.82, 2.24) is 5.32 Å². The largest absolute Gasteiger partial charge is 0.493 e. The van der Waals surface area contributed by atoms with Crippen LogP contribution in [0.25, 0.3) is 6.08 Å². The van der Waals surface area contributed by atoms with Gasteiger partial charge in [-0.25, -0.2) is 9.79 Å². The minimum atomic E-state index is -0.565. The predicted molar refractivity (Wildman–Crippen MR) is 135 cm³/mol. The fourth-order valence-corrected chi connectivity index (χ4v) is 4.15. The van der Waals surface area contributed by atoms with E-state index in [1.807, 2.05) is 0 Å². The number of nitrogens with zero attached hydrogens (tertiary/aromatic N) is 1. The van der Waals surface area contributed by atoms with Crippen molar-refractivity contribution >= 4 is 63.8 Å². The summed E-state index contributed by atoms with van der Waals surface area (Å²) in [6.45, 7) is 0.0839. The van der Waals surface area contributed by atoms with Crippen LogP contribution in [-0.4, -0.2) is 31.3 Å². The maximum atomic E-state index is 12.4. The average molecular weight is 533 g/mol. The van der Waals surface area contributed by atoms with Gasteiger partial charge in [-0.2, -0.15) is 0 Å². The fraction of sp³-hybridized carbons (Fsp3) is 0.125. The number of ether oxygens (including phenoxy) is 3. The molecule has 0 bridgehead atoms. The van der Waals surface area contributed by atoms with E-state index in [9.17, 15) is 9.59 Å². The third-order valence-corrected chi connectivity index (χ3v) is 6.34.